The zero-order valence-corrected chi connectivity index (χ0v) is 13.3. The van der Waals surface area contributed by atoms with Gasteiger partial charge in [-0.1, -0.05) is 24.3 Å². The summed E-state index contributed by atoms with van der Waals surface area (Å²) in [4.78, 5) is 15.8. The number of pyridine rings is 1. The van der Waals surface area contributed by atoms with Crippen molar-refractivity contribution in [3.63, 3.8) is 0 Å². The lowest BCUT2D eigenvalue weighted by Gasteiger charge is -2.11. The van der Waals surface area contributed by atoms with Crippen molar-refractivity contribution in [2.75, 3.05) is 13.7 Å². The third-order valence-corrected chi connectivity index (χ3v) is 3.12. The van der Waals surface area contributed by atoms with Crippen LogP contribution in [0.4, 0.5) is 0 Å². The SMILES string of the molecule is CC=Cc1ccc(OCC(=O)NCc2cccnc2)c(OC)c1. The molecule has 1 aromatic heterocycles. The first kappa shape index (κ1) is 16.5. The number of methoxy groups -OCH3 is 1. The van der Waals surface area contributed by atoms with Gasteiger partial charge in [-0.05, 0) is 36.2 Å². The number of nitrogens with one attached hydrogen (secondary N) is 1. The van der Waals surface area contributed by atoms with Gasteiger partial charge in [-0.15, -0.1) is 0 Å². The molecule has 0 aliphatic heterocycles. The van der Waals surface area contributed by atoms with Gasteiger partial charge in [0.15, 0.2) is 18.1 Å². The van der Waals surface area contributed by atoms with E-state index < -0.39 is 0 Å². The van der Waals surface area contributed by atoms with Crippen LogP contribution in [0.15, 0.2) is 48.8 Å². The number of aromatic nitrogens is 1. The number of hydrogen-bond donors (Lipinski definition) is 1. The number of hydrogen-bond acceptors (Lipinski definition) is 4. The Kier molecular flexibility index (Phi) is 6.17. The van der Waals surface area contributed by atoms with E-state index in [-0.39, 0.29) is 12.5 Å². The van der Waals surface area contributed by atoms with Gasteiger partial charge in [0.25, 0.3) is 5.91 Å². The van der Waals surface area contributed by atoms with Gasteiger partial charge < -0.3 is 14.8 Å². The minimum atomic E-state index is -0.201. The number of rotatable bonds is 7. The lowest BCUT2D eigenvalue weighted by Crippen LogP contribution is -2.28. The Morgan fingerprint density at radius 3 is 2.87 bits per heavy atom. The van der Waals surface area contributed by atoms with Gasteiger partial charge in [-0.25, -0.2) is 0 Å². The van der Waals surface area contributed by atoms with Crippen molar-refractivity contribution in [2.24, 2.45) is 0 Å². The molecule has 120 valence electrons. The van der Waals surface area contributed by atoms with Gasteiger partial charge in [0.1, 0.15) is 0 Å². The summed E-state index contributed by atoms with van der Waals surface area (Å²) in [6, 6.07) is 9.29. The first-order valence-electron chi connectivity index (χ1n) is 7.32. The fourth-order valence-corrected chi connectivity index (χ4v) is 2.00. The molecule has 2 aromatic rings. The molecule has 0 spiro atoms. The fourth-order valence-electron chi connectivity index (χ4n) is 2.00. The molecule has 0 aliphatic carbocycles. The second-order valence-electron chi connectivity index (χ2n) is 4.84. The van der Waals surface area contributed by atoms with Crippen LogP contribution in [0.25, 0.3) is 6.08 Å². The topological polar surface area (TPSA) is 60.5 Å². The summed E-state index contributed by atoms with van der Waals surface area (Å²) in [5, 5.41) is 2.78. The fraction of sp³-hybridized carbons (Fsp3) is 0.222. The molecule has 1 N–H and O–H groups in total. The number of carbonyl (C=O) groups excluding carboxylic acids is 1. The van der Waals surface area contributed by atoms with E-state index in [0.717, 1.165) is 11.1 Å². The van der Waals surface area contributed by atoms with E-state index >= 15 is 0 Å². The van der Waals surface area contributed by atoms with Crippen LogP contribution in [-0.2, 0) is 11.3 Å². The van der Waals surface area contributed by atoms with E-state index in [1.54, 1.807) is 25.6 Å². The Hall–Kier alpha value is -2.82. The largest absolute Gasteiger partial charge is 0.493 e. The van der Waals surface area contributed by atoms with Crippen molar-refractivity contribution < 1.29 is 14.3 Å². The maximum absolute atomic E-state index is 11.9. The lowest BCUT2D eigenvalue weighted by molar-refractivity contribution is -0.123. The highest BCUT2D eigenvalue weighted by atomic mass is 16.5. The van der Waals surface area contributed by atoms with E-state index in [1.165, 1.54) is 0 Å². The zero-order chi connectivity index (χ0) is 16.5. The molecule has 0 fully saturated rings. The van der Waals surface area contributed by atoms with E-state index in [9.17, 15) is 4.79 Å². The molecule has 0 saturated heterocycles. The van der Waals surface area contributed by atoms with Crippen molar-refractivity contribution in [1.29, 1.82) is 0 Å². The van der Waals surface area contributed by atoms with Crippen molar-refractivity contribution >= 4 is 12.0 Å². The first-order valence-corrected chi connectivity index (χ1v) is 7.32. The lowest BCUT2D eigenvalue weighted by atomic mass is 10.2. The second-order valence-corrected chi connectivity index (χ2v) is 4.84. The van der Waals surface area contributed by atoms with Crippen LogP contribution < -0.4 is 14.8 Å². The van der Waals surface area contributed by atoms with Crippen LogP contribution in [0, 0.1) is 0 Å². The van der Waals surface area contributed by atoms with Crippen LogP contribution in [0.1, 0.15) is 18.1 Å². The van der Waals surface area contributed by atoms with Gasteiger partial charge in [0.2, 0.25) is 0 Å². The van der Waals surface area contributed by atoms with Gasteiger partial charge in [0, 0.05) is 18.9 Å². The van der Waals surface area contributed by atoms with Crippen LogP contribution in [0.3, 0.4) is 0 Å². The number of benzene rings is 1. The van der Waals surface area contributed by atoms with Gasteiger partial charge in [0.05, 0.1) is 7.11 Å². The van der Waals surface area contributed by atoms with Crippen LogP contribution in [-0.4, -0.2) is 24.6 Å². The Balaban J connectivity index is 1.88. The molecule has 5 heteroatoms. The molecule has 0 aliphatic rings. The Morgan fingerprint density at radius 1 is 1.30 bits per heavy atom. The molecule has 1 aromatic carbocycles. The van der Waals surface area contributed by atoms with E-state index in [1.807, 2.05) is 43.3 Å². The quantitative estimate of drug-likeness (QED) is 0.854. The third kappa shape index (κ3) is 5.14. The highest BCUT2D eigenvalue weighted by Gasteiger charge is 2.08. The van der Waals surface area contributed by atoms with Crippen LogP contribution in [0.2, 0.25) is 0 Å². The maximum atomic E-state index is 11.9. The highest BCUT2D eigenvalue weighted by molar-refractivity contribution is 5.77. The van der Waals surface area contributed by atoms with E-state index in [4.69, 9.17) is 9.47 Å². The summed E-state index contributed by atoms with van der Waals surface area (Å²) < 4.78 is 10.8. The Labute approximate surface area is 136 Å². The Bertz CT molecular complexity index is 669. The molecule has 0 unspecified atom stereocenters. The second kappa shape index (κ2) is 8.58. The van der Waals surface area contributed by atoms with E-state index in [0.29, 0.717) is 18.0 Å². The predicted octanol–water partition coefficient (Wildman–Crippen LogP) is 2.82. The van der Waals surface area contributed by atoms with Crippen molar-refractivity contribution in [1.82, 2.24) is 10.3 Å². The summed E-state index contributed by atoms with van der Waals surface area (Å²) in [6.45, 7) is 2.30. The molecule has 0 bridgehead atoms. The first-order chi connectivity index (χ1) is 11.2. The predicted molar refractivity (Wildman–Crippen MR) is 89.3 cm³/mol. The van der Waals surface area contributed by atoms with Gasteiger partial charge in [-0.2, -0.15) is 0 Å². The highest BCUT2D eigenvalue weighted by Crippen LogP contribution is 2.28. The molecule has 0 radical (unpaired) electrons. The summed E-state index contributed by atoms with van der Waals surface area (Å²) in [5.74, 6) is 0.936. The summed E-state index contributed by atoms with van der Waals surface area (Å²) in [7, 11) is 1.57. The molecular formula is C18H20N2O3. The Morgan fingerprint density at radius 2 is 2.17 bits per heavy atom. The van der Waals surface area contributed by atoms with Crippen LogP contribution in [0.5, 0.6) is 11.5 Å². The molecular weight excluding hydrogens is 292 g/mol. The number of amides is 1. The zero-order valence-electron chi connectivity index (χ0n) is 13.3. The molecule has 1 heterocycles. The molecule has 0 atom stereocenters. The summed E-state index contributed by atoms with van der Waals surface area (Å²) in [6.07, 6.45) is 7.32. The third-order valence-electron chi connectivity index (χ3n) is 3.12. The standard InChI is InChI=1S/C18H20N2O3/c1-3-5-14-7-8-16(17(10-14)22-2)23-13-18(21)20-12-15-6-4-9-19-11-15/h3-11H,12-13H2,1-2H3,(H,20,21). The van der Waals surface area contributed by atoms with Gasteiger partial charge >= 0.3 is 0 Å². The molecule has 2 rings (SSSR count). The smallest absolute Gasteiger partial charge is 0.258 e. The molecule has 23 heavy (non-hydrogen) atoms. The maximum Gasteiger partial charge on any atom is 0.258 e. The average molecular weight is 312 g/mol. The molecule has 0 saturated carbocycles. The monoisotopic (exact) mass is 312 g/mol. The molecule has 5 nitrogen and oxygen atoms in total. The average Bonchev–Trinajstić information content (AvgIpc) is 2.59. The van der Waals surface area contributed by atoms with E-state index in [2.05, 4.69) is 10.3 Å². The van der Waals surface area contributed by atoms with Crippen LogP contribution >= 0.6 is 0 Å². The normalized spacial score (nSPS) is 10.5. The van der Waals surface area contributed by atoms with Crippen molar-refractivity contribution in [2.45, 2.75) is 13.5 Å². The number of nitrogens with zero attached hydrogens (tertiary/aromatic N) is 1. The summed E-state index contributed by atoms with van der Waals surface area (Å²) >= 11 is 0. The minimum absolute atomic E-state index is 0.0699. The number of allylic oxidation sites excluding steroid dienone is 1. The molecule has 1 amide bonds. The number of ether oxygens (including phenoxy) is 2. The van der Waals surface area contributed by atoms with Crippen molar-refractivity contribution in [3.05, 3.63) is 59.9 Å². The summed E-state index contributed by atoms with van der Waals surface area (Å²) in [5.41, 5.74) is 1.95. The number of carbonyl (C=O) groups is 1. The minimum Gasteiger partial charge on any atom is -0.493 e. The van der Waals surface area contributed by atoms with Gasteiger partial charge in [-0.3, -0.25) is 9.78 Å². The van der Waals surface area contributed by atoms with Crippen molar-refractivity contribution in [3.8, 4) is 11.5 Å².